The Kier molecular flexibility index (Phi) is 7.89. The van der Waals surface area contributed by atoms with E-state index in [2.05, 4.69) is 196 Å². The summed E-state index contributed by atoms with van der Waals surface area (Å²) in [6.45, 7) is 7.61. The molecule has 0 spiro atoms. The number of hydrogen-bond donors (Lipinski definition) is 0. The maximum absolute atomic E-state index is 7.09. The molecule has 8 aromatic rings. The largest absolute Gasteiger partial charge is 0.456 e. The van der Waals surface area contributed by atoms with E-state index in [1.165, 1.54) is 77.6 Å². The van der Waals surface area contributed by atoms with Gasteiger partial charge in [-0.25, -0.2) is 0 Å². The molecule has 252 valence electrons. The number of fused-ring (bicyclic) bond motifs is 8. The Morgan fingerprint density at radius 2 is 1.15 bits per heavy atom. The number of nitrogens with zero attached hydrogens (tertiary/aromatic N) is 1. The number of benzene rings is 7. The lowest BCUT2D eigenvalue weighted by Crippen LogP contribution is -2.20. The second-order valence-electron chi connectivity index (χ2n) is 14.3. The van der Waals surface area contributed by atoms with Crippen LogP contribution in [0.4, 0.5) is 11.4 Å². The van der Waals surface area contributed by atoms with Gasteiger partial charge in [-0.15, -0.1) is 0 Å². The smallest absolute Gasteiger partial charge is 0.143 e. The summed E-state index contributed by atoms with van der Waals surface area (Å²) in [7, 11) is 0. The fraction of sp³-hybridized carbons (Fsp3) is 0.120. The molecule has 1 heterocycles. The fourth-order valence-corrected chi connectivity index (χ4v) is 8.50. The Morgan fingerprint density at radius 3 is 1.83 bits per heavy atom. The van der Waals surface area contributed by atoms with Crippen LogP contribution in [0.15, 0.2) is 168 Å². The Morgan fingerprint density at radius 1 is 0.596 bits per heavy atom. The summed E-state index contributed by atoms with van der Waals surface area (Å²) in [5, 5.41) is 3.79. The molecule has 0 unspecified atom stereocenters. The molecule has 1 aliphatic rings. The molecule has 0 fully saturated rings. The monoisotopic (exact) mass is 671 g/mol. The van der Waals surface area contributed by atoms with E-state index in [-0.39, 0.29) is 5.41 Å². The predicted octanol–water partition coefficient (Wildman–Crippen LogP) is 13.6. The van der Waals surface area contributed by atoms with Crippen molar-refractivity contribution in [2.24, 2.45) is 0 Å². The molecule has 1 aliphatic carbocycles. The predicted molar refractivity (Wildman–Crippen MR) is 220 cm³/mol. The van der Waals surface area contributed by atoms with Crippen LogP contribution in [0.5, 0.6) is 0 Å². The standard InChI is InChI=1S/C50H41NO/c1-4-16-45-42(31-32-51(38-21-12-7-13-22-38)39-28-25-36(26-29-39)34-17-8-5-9-18-34)46-40-23-14-15-24-41(40)48-47(49(46)52-45)43-33-37(35-19-10-6-11-20-35)27-30-44(43)50(48,2)3/h4-30,33H,31-32H2,1-3H3/b16-4-. The van der Waals surface area contributed by atoms with Gasteiger partial charge in [0.15, 0.2) is 0 Å². The molecule has 0 saturated heterocycles. The third-order valence-electron chi connectivity index (χ3n) is 10.9. The van der Waals surface area contributed by atoms with Gasteiger partial charge in [0.2, 0.25) is 0 Å². The minimum atomic E-state index is -0.183. The highest BCUT2D eigenvalue weighted by Crippen LogP contribution is 2.56. The number of rotatable bonds is 8. The summed E-state index contributed by atoms with van der Waals surface area (Å²) in [6.07, 6.45) is 5.07. The zero-order valence-electron chi connectivity index (χ0n) is 29.9. The van der Waals surface area contributed by atoms with Crippen molar-refractivity contribution in [2.45, 2.75) is 32.6 Å². The van der Waals surface area contributed by atoms with Gasteiger partial charge in [-0.1, -0.05) is 147 Å². The van der Waals surface area contributed by atoms with Crippen molar-refractivity contribution < 1.29 is 4.42 Å². The molecule has 2 nitrogen and oxygen atoms in total. The van der Waals surface area contributed by atoms with Crippen LogP contribution in [0.2, 0.25) is 0 Å². The van der Waals surface area contributed by atoms with E-state index in [9.17, 15) is 0 Å². The van der Waals surface area contributed by atoms with Gasteiger partial charge in [-0.05, 0) is 99.5 Å². The molecule has 0 N–H and O–H groups in total. The van der Waals surface area contributed by atoms with Crippen LogP contribution in [0.1, 0.15) is 43.2 Å². The van der Waals surface area contributed by atoms with Crippen LogP contribution in [-0.4, -0.2) is 6.54 Å². The van der Waals surface area contributed by atoms with Gasteiger partial charge in [0, 0.05) is 39.8 Å². The summed E-state index contributed by atoms with van der Waals surface area (Å²) in [5.74, 6) is 0.939. The average Bonchev–Trinajstić information content (AvgIpc) is 3.67. The number of furan rings is 1. The van der Waals surface area contributed by atoms with Crippen molar-refractivity contribution in [3.63, 3.8) is 0 Å². The molecule has 9 rings (SSSR count). The lowest BCUT2D eigenvalue weighted by Gasteiger charge is -2.26. The van der Waals surface area contributed by atoms with Crippen molar-refractivity contribution in [1.82, 2.24) is 0 Å². The Labute approximate surface area is 306 Å². The first kappa shape index (κ1) is 31.8. The summed E-state index contributed by atoms with van der Waals surface area (Å²) < 4.78 is 7.09. The van der Waals surface area contributed by atoms with Gasteiger partial charge in [0.1, 0.15) is 11.3 Å². The summed E-state index contributed by atoms with van der Waals surface area (Å²) in [6, 6.07) is 57.0. The minimum Gasteiger partial charge on any atom is -0.456 e. The van der Waals surface area contributed by atoms with Crippen LogP contribution in [-0.2, 0) is 11.8 Å². The number of hydrogen-bond acceptors (Lipinski definition) is 2. The molecule has 7 aromatic carbocycles. The third kappa shape index (κ3) is 5.26. The molecule has 0 aliphatic heterocycles. The van der Waals surface area contributed by atoms with Crippen molar-refractivity contribution >= 4 is 39.2 Å². The second kappa shape index (κ2) is 12.9. The Bertz CT molecular complexity index is 2580. The van der Waals surface area contributed by atoms with Gasteiger partial charge < -0.3 is 9.32 Å². The lowest BCUT2D eigenvalue weighted by molar-refractivity contribution is 0.598. The van der Waals surface area contributed by atoms with Gasteiger partial charge in [-0.2, -0.15) is 0 Å². The molecule has 2 heteroatoms. The minimum absolute atomic E-state index is 0.183. The summed E-state index contributed by atoms with van der Waals surface area (Å²) in [5.41, 5.74) is 14.5. The molecular formula is C50H41NO. The first-order chi connectivity index (χ1) is 25.5. The zero-order chi connectivity index (χ0) is 35.2. The van der Waals surface area contributed by atoms with Crippen LogP contribution < -0.4 is 4.90 Å². The lowest BCUT2D eigenvalue weighted by atomic mass is 9.79. The maximum Gasteiger partial charge on any atom is 0.143 e. The molecule has 52 heavy (non-hydrogen) atoms. The molecular weight excluding hydrogens is 631 g/mol. The highest BCUT2D eigenvalue weighted by molar-refractivity contribution is 6.18. The van der Waals surface area contributed by atoms with E-state index in [4.69, 9.17) is 4.42 Å². The zero-order valence-corrected chi connectivity index (χ0v) is 29.9. The molecule has 0 atom stereocenters. The van der Waals surface area contributed by atoms with E-state index in [1.807, 2.05) is 0 Å². The van der Waals surface area contributed by atoms with E-state index in [0.29, 0.717) is 0 Å². The highest BCUT2D eigenvalue weighted by atomic mass is 16.3. The average molecular weight is 672 g/mol. The molecule has 0 amide bonds. The third-order valence-corrected chi connectivity index (χ3v) is 10.9. The van der Waals surface area contributed by atoms with E-state index < -0.39 is 0 Å². The molecule has 0 bridgehead atoms. The van der Waals surface area contributed by atoms with Crippen LogP contribution in [0.25, 0.3) is 61.2 Å². The molecule has 0 radical (unpaired) electrons. The van der Waals surface area contributed by atoms with E-state index in [1.54, 1.807) is 0 Å². The second-order valence-corrected chi connectivity index (χ2v) is 14.3. The molecule has 1 aromatic heterocycles. The summed E-state index contributed by atoms with van der Waals surface area (Å²) in [4.78, 5) is 2.44. The van der Waals surface area contributed by atoms with Crippen molar-refractivity contribution in [3.8, 4) is 33.4 Å². The first-order valence-corrected chi connectivity index (χ1v) is 18.3. The van der Waals surface area contributed by atoms with Crippen molar-refractivity contribution in [1.29, 1.82) is 0 Å². The topological polar surface area (TPSA) is 16.4 Å². The van der Waals surface area contributed by atoms with Crippen LogP contribution >= 0.6 is 0 Å². The number of anilines is 2. The van der Waals surface area contributed by atoms with Gasteiger partial charge >= 0.3 is 0 Å². The van der Waals surface area contributed by atoms with Crippen molar-refractivity contribution in [3.05, 3.63) is 186 Å². The fourth-order valence-electron chi connectivity index (χ4n) is 8.50. The van der Waals surface area contributed by atoms with Crippen molar-refractivity contribution in [2.75, 3.05) is 11.4 Å². The van der Waals surface area contributed by atoms with Gasteiger partial charge in [0.25, 0.3) is 0 Å². The SMILES string of the molecule is C/C=C\c1oc2c3c(c4ccccc4c2c1CCN(c1ccccc1)c1ccc(-c2ccccc2)cc1)C(C)(C)c1ccc(-c2ccccc2)cc1-3. The Balaban J connectivity index is 1.21. The van der Waals surface area contributed by atoms with Crippen LogP contribution in [0.3, 0.4) is 0 Å². The van der Waals surface area contributed by atoms with E-state index in [0.717, 1.165) is 24.3 Å². The Hall–Kier alpha value is -6.12. The van der Waals surface area contributed by atoms with Crippen LogP contribution in [0, 0.1) is 0 Å². The van der Waals surface area contributed by atoms with Gasteiger partial charge in [-0.3, -0.25) is 0 Å². The van der Waals surface area contributed by atoms with E-state index >= 15 is 0 Å². The quantitative estimate of drug-likeness (QED) is 0.160. The number of para-hydroxylation sites is 1. The highest BCUT2D eigenvalue weighted by Gasteiger charge is 2.40. The summed E-state index contributed by atoms with van der Waals surface area (Å²) >= 11 is 0. The van der Waals surface area contributed by atoms with Gasteiger partial charge in [0.05, 0.1) is 0 Å². The maximum atomic E-state index is 7.09. The first-order valence-electron chi connectivity index (χ1n) is 18.3. The normalized spacial score (nSPS) is 13.1. The molecule has 0 saturated carbocycles. The number of allylic oxidation sites excluding steroid dienone is 1.